The van der Waals surface area contributed by atoms with Crippen molar-refractivity contribution in [2.45, 2.75) is 26.3 Å². The van der Waals surface area contributed by atoms with Crippen LogP contribution in [0.2, 0.25) is 10.0 Å². The molecule has 41 heavy (non-hydrogen) atoms. The second kappa shape index (κ2) is 13.9. The maximum absolute atomic E-state index is 13.8. The number of hydrogen-bond donors (Lipinski definition) is 2. The van der Waals surface area contributed by atoms with Gasteiger partial charge in [0.25, 0.3) is 11.8 Å². The normalized spacial score (nSPS) is 11.3. The third-order valence-corrected chi connectivity index (χ3v) is 7.05. The summed E-state index contributed by atoms with van der Waals surface area (Å²) in [5.74, 6) is 1.25. The number of amides is 2. The van der Waals surface area contributed by atoms with Gasteiger partial charge in [-0.1, -0.05) is 53.0 Å². The number of likely N-dealkylation sites (N-methyl/N-ethyl adjacent to an activating group) is 1. The van der Waals surface area contributed by atoms with Crippen molar-refractivity contribution >= 4 is 40.7 Å². The zero-order valence-corrected chi connectivity index (χ0v) is 24.5. The lowest BCUT2D eigenvalue weighted by Gasteiger charge is -2.28. The van der Waals surface area contributed by atoms with Crippen LogP contribution in [0.4, 0.5) is 5.69 Å². The van der Waals surface area contributed by atoms with Gasteiger partial charge in [-0.05, 0) is 80.1 Å². The van der Waals surface area contributed by atoms with Gasteiger partial charge in [0.1, 0.15) is 23.3 Å². The minimum atomic E-state index is -0.837. The summed E-state index contributed by atoms with van der Waals surface area (Å²) < 4.78 is 11.1. The Morgan fingerprint density at radius 3 is 2.17 bits per heavy atom. The van der Waals surface area contributed by atoms with E-state index in [1.807, 2.05) is 50.2 Å². The summed E-state index contributed by atoms with van der Waals surface area (Å²) in [5, 5.41) is 5.28. The summed E-state index contributed by atoms with van der Waals surface area (Å²) >= 11 is 12.1. The fraction of sp³-hybridized carbons (Fsp3) is 0.188. The molecule has 0 aliphatic rings. The van der Waals surface area contributed by atoms with Gasteiger partial charge in [-0.3, -0.25) is 20.0 Å². The highest BCUT2D eigenvalue weighted by Gasteiger charge is 2.26. The number of hydrazine groups is 1. The van der Waals surface area contributed by atoms with Crippen LogP contribution in [-0.4, -0.2) is 36.5 Å². The van der Waals surface area contributed by atoms with Crippen molar-refractivity contribution in [3.8, 4) is 17.2 Å². The highest BCUT2D eigenvalue weighted by molar-refractivity contribution is 6.42. The number of methoxy groups -OCH3 is 1. The topological polar surface area (TPSA) is 79.9 Å². The molecule has 0 aromatic heterocycles. The Hall–Kier alpha value is -4.20. The van der Waals surface area contributed by atoms with E-state index in [-0.39, 0.29) is 18.2 Å². The van der Waals surface area contributed by atoms with Gasteiger partial charge in [-0.2, -0.15) is 0 Å². The summed E-state index contributed by atoms with van der Waals surface area (Å²) in [7, 11) is 1.60. The summed E-state index contributed by atoms with van der Waals surface area (Å²) in [6, 6.07) is 26.0. The number of aryl methyl sites for hydroxylation is 1. The summed E-state index contributed by atoms with van der Waals surface area (Å²) in [6.45, 7) is 4.15. The van der Waals surface area contributed by atoms with Gasteiger partial charge in [-0.25, -0.2) is 0 Å². The standard InChI is InChI=1S/C32H31Cl2N3O4/c1-4-37(36-24-10-14-25(40-3)15-11-24)32(39)30(35-31(38)23-7-5-6-21(2)18-23)19-22-8-12-26(13-9-22)41-27-16-17-28(33)29(34)20-27/h5-18,20,30,36H,4,19H2,1-3H3,(H,35,38). The SMILES string of the molecule is CCN(Nc1ccc(OC)cc1)C(=O)C(Cc1ccc(Oc2ccc(Cl)c(Cl)c2)cc1)NC(=O)c1cccc(C)c1. The monoisotopic (exact) mass is 591 g/mol. The van der Waals surface area contributed by atoms with E-state index in [0.29, 0.717) is 45.1 Å². The molecule has 4 aromatic carbocycles. The predicted molar refractivity (Wildman–Crippen MR) is 163 cm³/mol. The number of halogens is 2. The molecule has 4 rings (SSSR count). The smallest absolute Gasteiger partial charge is 0.263 e. The number of nitrogens with zero attached hydrogens (tertiary/aromatic N) is 1. The van der Waals surface area contributed by atoms with Gasteiger partial charge in [-0.15, -0.1) is 0 Å². The van der Waals surface area contributed by atoms with Gasteiger partial charge in [0.15, 0.2) is 0 Å². The maximum Gasteiger partial charge on any atom is 0.263 e. The van der Waals surface area contributed by atoms with E-state index in [9.17, 15) is 9.59 Å². The molecule has 9 heteroatoms. The largest absolute Gasteiger partial charge is 0.497 e. The van der Waals surface area contributed by atoms with Crippen LogP contribution in [0.5, 0.6) is 17.2 Å². The summed E-state index contributed by atoms with van der Waals surface area (Å²) in [4.78, 5) is 27.0. The second-order valence-electron chi connectivity index (χ2n) is 9.34. The molecule has 2 N–H and O–H groups in total. The number of hydrogen-bond acceptors (Lipinski definition) is 5. The first-order valence-electron chi connectivity index (χ1n) is 13.1. The molecule has 7 nitrogen and oxygen atoms in total. The van der Waals surface area contributed by atoms with E-state index in [1.54, 1.807) is 61.7 Å². The average Bonchev–Trinajstić information content (AvgIpc) is 2.98. The molecule has 2 amide bonds. The Kier molecular flexibility index (Phi) is 10.1. The van der Waals surface area contributed by atoms with Crippen LogP contribution in [0, 0.1) is 6.92 Å². The molecule has 212 valence electrons. The Balaban J connectivity index is 1.53. The van der Waals surface area contributed by atoms with Crippen molar-refractivity contribution in [1.29, 1.82) is 0 Å². The van der Waals surface area contributed by atoms with Crippen molar-refractivity contribution in [1.82, 2.24) is 10.3 Å². The molecule has 1 unspecified atom stereocenters. The molecule has 0 heterocycles. The quantitative estimate of drug-likeness (QED) is 0.179. The lowest BCUT2D eigenvalue weighted by Crippen LogP contribution is -2.51. The van der Waals surface area contributed by atoms with Crippen molar-refractivity contribution < 1.29 is 19.1 Å². The predicted octanol–water partition coefficient (Wildman–Crippen LogP) is 7.32. The van der Waals surface area contributed by atoms with Crippen molar-refractivity contribution in [2.24, 2.45) is 0 Å². The molecule has 0 spiro atoms. The van der Waals surface area contributed by atoms with Gasteiger partial charge in [0.05, 0.1) is 22.8 Å². The van der Waals surface area contributed by atoms with Crippen LogP contribution in [-0.2, 0) is 11.2 Å². The van der Waals surface area contributed by atoms with Crippen LogP contribution < -0.4 is 20.2 Å². The van der Waals surface area contributed by atoms with Crippen molar-refractivity contribution in [3.05, 3.63) is 118 Å². The fourth-order valence-electron chi connectivity index (χ4n) is 4.13. The molecule has 0 bridgehead atoms. The van der Waals surface area contributed by atoms with E-state index >= 15 is 0 Å². The molecule has 1 atom stereocenters. The van der Waals surface area contributed by atoms with Crippen LogP contribution >= 0.6 is 23.2 Å². The van der Waals surface area contributed by atoms with E-state index in [4.69, 9.17) is 32.7 Å². The molecule has 0 saturated heterocycles. The fourth-order valence-corrected chi connectivity index (χ4v) is 4.42. The molecule has 0 aliphatic heterocycles. The lowest BCUT2D eigenvalue weighted by atomic mass is 10.0. The van der Waals surface area contributed by atoms with Crippen molar-refractivity contribution in [2.75, 3.05) is 19.1 Å². The van der Waals surface area contributed by atoms with Gasteiger partial charge in [0, 0.05) is 24.6 Å². The zero-order chi connectivity index (χ0) is 29.4. The van der Waals surface area contributed by atoms with Gasteiger partial charge < -0.3 is 14.8 Å². The summed E-state index contributed by atoms with van der Waals surface area (Å²) in [5.41, 5.74) is 6.15. The molecular weight excluding hydrogens is 561 g/mol. The highest BCUT2D eigenvalue weighted by atomic mass is 35.5. The minimum absolute atomic E-state index is 0.268. The highest BCUT2D eigenvalue weighted by Crippen LogP contribution is 2.29. The van der Waals surface area contributed by atoms with E-state index in [0.717, 1.165) is 11.1 Å². The van der Waals surface area contributed by atoms with Crippen LogP contribution in [0.3, 0.4) is 0 Å². The molecule has 4 aromatic rings. The number of carbonyl (C=O) groups excluding carboxylic acids is 2. The number of benzene rings is 4. The molecule has 0 aliphatic carbocycles. The minimum Gasteiger partial charge on any atom is -0.497 e. The Morgan fingerprint density at radius 2 is 1.54 bits per heavy atom. The van der Waals surface area contributed by atoms with E-state index < -0.39 is 6.04 Å². The first kappa shape index (κ1) is 29.8. The second-order valence-corrected chi connectivity index (χ2v) is 10.2. The van der Waals surface area contributed by atoms with Crippen molar-refractivity contribution in [3.63, 3.8) is 0 Å². The third-order valence-electron chi connectivity index (χ3n) is 6.31. The molecule has 0 saturated carbocycles. The third kappa shape index (κ3) is 8.16. The lowest BCUT2D eigenvalue weighted by molar-refractivity contribution is -0.131. The number of rotatable bonds is 11. The number of anilines is 1. The van der Waals surface area contributed by atoms with Gasteiger partial charge >= 0.3 is 0 Å². The van der Waals surface area contributed by atoms with Gasteiger partial charge in [0.2, 0.25) is 0 Å². The van der Waals surface area contributed by atoms with Crippen LogP contribution in [0.15, 0.2) is 91.0 Å². The number of nitrogens with one attached hydrogen (secondary N) is 2. The average molecular weight is 593 g/mol. The first-order valence-corrected chi connectivity index (χ1v) is 13.8. The number of ether oxygens (including phenoxy) is 2. The Bertz CT molecular complexity index is 1490. The zero-order valence-electron chi connectivity index (χ0n) is 23.0. The summed E-state index contributed by atoms with van der Waals surface area (Å²) in [6.07, 6.45) is 0.268. The Labute approximate surface area is 250 Å². The van der Waals surface area contributed by atoms with E-state index in [1.165, 1.54) is 5.01 Å². The van der Waals surface area contributed by atoms with Crippen LogP contribution in [0.1, 0.15) is 28.4 Å². The molecule has 0 fully saturated rings. The Morgan fingerprint density at radius 1 is 0.854 bits per heavy atom. The van der Waals surface area contributed by atoms with E-state index in [2.05, 4.69) is 10.7 Å². The maximum atomic E-state index is 13.8. The molecular formula is C32H31Cl2N3O4. The molecule has 0 radical (unpaired) electrons. The van der Waals surface area contributed by atoms with Crippen LogP contribution in [0.25, 0.3) is 0 Å². The first-order chi connectivity index (χ1) is 19.7. The number of carbonyl (C=O) groups is 2.